The molecule has 0 amide bonds. The minimum absolute atomic E-state index is 0.716. The quantitative estimate of drug-likeness (QED) is 0.687. The van der Waals surface area contributed by atoms with Gasteiger partial charge < -0.3 is 4.90 Å². The van der Waals surface area contributed by atoms with Crippen LogP contribution in [-0.4, -0.2) is 28.9 Å². The van der Waals surface area contributed by atoms with E-state index in [4.69, 9.17) is 0 Å². The molecule has 2 rings (SSSR count). The van der Waals surface area contributed by atoms with Crippen molar-refractivity contribution in [3.05, 3.63) is 0 Å². The van der Waals surface area contributed by atoms with Gasteiger partial charge in [-0.05, 0) is 44.7 Å². The Morgan fingerprint density at radius 3 is 2.14 bits per heavy atom. The summed E-state index contributed by atoms with van der Waals surface area (Å²) in [6.45, 7) is 5.01. The predicted molar refractivity (Wildman–Crippen MR) is 64.9 cm³/mol. The monoisotopic (exact) mass is 259 g/mol. The molecular formula is C12H22BrN. The predicted octanol–water partition coefficient (Wildman–Crippen LogP) is 3.42. The highest BCUT2D eigenvalue weighted by Crippen LogP contribution is 2.30. The van der Waals surface area contributed by atoms with Gasteiger partial charge >= 0.3 is 0 Å². The van der Waals surface area contributed by atoms with Crippen LogP contribution in [0.15, 0.2) is 0 Å². The lowest BCUT2D eigenvalue weighted by molar-refractivity contribution is 0.135. The van der Waals surface area contributed by atoms with Crippen LogP contribution in [0.2, 0.25) is 0 Å². The van der Waals surface area contributed by atoms with Gasteiger partial charge in [0.15, 0.2) is 0 Å². The Hall–Kier alpha value is 0.440. The van der Waals surface area contributed by atoms with Gasteiger partial charge in [0, 0.05) is 10.9 Å². The number of halogens is 1. The number of likely N-dealkylation sites (tertiary alicyclic amines) is 1. The van der Waals surface area contributed by atoms with Crippen LogP contribution in [0.1, 0.15) is 45.4 Å². The van der Waals surface area contributed by atoms with Gasteiger partial charge in [-0.15, -0.1) is 0 Å². The Bertz CT molecular complexity index is 167. The first-order valence-corrected chi connectivity index (χ1v) is 7.07. The SMILES string of the molecule is CC(Br)C1CCN(C2CCCC2)CC1. The topological polar surface area (TPSA) is 3.24 Å². The molecule has 2 aliphatic rings. The van der Waals surface area contributed by atoms with Gasteiger partial charge in [-0.1, -0.05) is 35.7 Å². The van der Waals surface area contributed by atoms with E-state index >= 15 is 0 Å². The van der Waals surface area contributed by atoms with Gasteiger partial charge in [0.1, 0.15) is 0 Å². The van der Waals surface area contributed by atoms with Crippen LogP contribution in [0.5, 0.6) is 0 Å². The average Bonchev–Trinajstić information content (AvgIpc) is 2.71. The molecule has 2 heteroatoms. The van der Waals surface area contributed by atoms with Gasteiger partial charge in [-0.3, -0.25) is 0 Å². The summed E-state index contributed by atoms with van der Waals surface area (Å²) in [5, 5.41) is 0. The smallest absolute Gasteiger partial charge is 0.0146 e. The molecule has 2 fully saturated rings. The molecule has 1 nitrogen and oxygen atoms in total. The molecule has 1 atom stereocenters. The molecule has 0 radical (unpaired) electrons. The molecule has 0 spiro atoms. The second-order valence-electron chi connectivity index (χ2n) is 4.99. The minimum Gasteiger partial charge on any atom is -0.300 e. The zero-order valence-electron chi connectivity index (χ0n) is 9.21. The molecular weight excluding hydrogens is 238 g/mol. The van der Waals surface area contributed by atoms with E-state index in [1.165, 1.54) is 51.6 Å². The van der Waals surface area contributed by atoms with Crippen molar-refractivity contribution in [1.29, 1.82) is 0 Å². The summed E-state index contributed by atoms with van der Waals surface area (Å²) in [6, 6.07) is 0.946. The third-order valence-electron chi connectivity index (χ3n) is 4.06. The molecule has 0 aromatic rings. The second-order valence-corrected chi connectivity index (χ2v) is 6.43. The summed E-state index contributed by atoms with van der Waals surface area (Å²) in [7, 11) is 0. The molecule has 82 valence electrons. The highest BCUT2D eigenvalue weighted by molar-refractivity contribution is 9.09. The van der Waals surface area contributed by atoms with Gasteiger partial charge in [-0.25, -0.2) is 0 Å². The molecule has 1 unspecified atom stereocenters. The van der Waals surface area contributed by atoms with E-state index in [1.54, 1.807) is 0 Å². The molecule has 0 bridgehead atoms. The maximum Gasteiger partial charge on any atom is 0.0146 e. The molecule has 0 aromatic heterocycles. The maximum atomic E-state index is 3.72. The highest BCUT2D eigenvalue weighted by Gasteiger charge is 2.28. The Labute approximate surface area is 96.4 Å². The zero-order chi connectivity index (χ0) is 9.97. The maximum absolute atomic E-state index is 3.72. The van der Waals surface area contributed by atoms with Gasteiger partial charge in [0.25, 0.3) is 0 Å². The van der Waals surface area contributed by atoms with Crippen LogP contribution in [0.25, 0.3) is 0 Å². The first-order chi connectivity index (χ1) is 6.77. The molecule has 1 heterocycles. The lowest BCUT2D eigenvalue weighted by atomic mass is 9.93. The van der Waals surface area contributed by atoms with E-state index in [0.717, 1.165) is 12.0 Å². The number of rotatable bonds is 2. The third kappa shape index (κ3) is 2.52. The van der Waals surface area contributed by atoms with Crippen LogP contribution in [0, 0.1) is 5.92 Å². The van der Waals surface area contributed by atoms with E-state index in [0.29, 0.717) is 4.83 Å². The van der Waals surface area contributed by atoms with E-state index in [-0.39, 0.29) is 0 Å². The summed E-state index contributed by atoms with van der Waals surface area (Å²) >= 11 is 3.72. The van der Waals surface area contributed by atoms with Crippen molar-refractivity contribution in [2.75, 3.05) is 13.1 Å². The average molecular weight is 260 g/mol. The molecule has 1 saturated heterocycles. The summed E-state index contributed by atoms with van der Waals surface area (Å²) < 4.78 is 0. The number of hydrogen-bond acceptors (Lipinski definition) is 1. The fourth-order valence-electron chi connectivity index (χ4n) is 3.01. The van der Waals surface area contributed by atoms with Crippen molar-refractivity contribution in [1.82, 2.24) is 4.90 Å². The molecule has 14 heavy (non-hydrogen) atoms. The van der Waals surface area contributed by atoms with E-state index in [9.17, 15) is 0 Å². The highest BCUT2D eigenvalue weighted by atomic mass is 79.9. The van der Waals surface area contributed by atoms with Crippen LogP contribution >= 0.6 is 15.9 Å². The van der Waals surface area contributed by atoms with Crippen LogP contribution < -0.4 is 0 Å². The normalized spacial score (nSPS) is 29.6. The fourth-order valence-corrected chi connectivity index (χ4v) is 3.54. The van der Waals surface area contributed by atoms with E-state index in [1.807, 2.05) is 0 Å². The van der Waals surface area contributed by atoms with Crippen molar-refractivity contribution in [3.8, 4) is 0 Å². The Morgan fingerprint density at radius 1 is 1.07 bits per heavy atom. The Kier molecular flexibility index (Phi) is 3.89. The van der Waals surface area contributed by atoms with E-state index < -0.39 is 0 Å². The Balaban J connectivity index is 1.77. The summed E-state index contributed by atoms with van der Waals surface area (Å²) in [5.41, 5.74) is 0. The van der Waals surface area contributed by atoms with Gasteiger partial charge in [-0.2, -0.15) is 0 Å². The van der Waals surface area contributed by atoms with Gasteiger partial charge in [0.05, 0.1) is 0 Å². The molecule has 1 saturated carbocycles. The third-order valence-corrected chi connectivity index (χ3v) is 4.81. The van der Waals surface area contributed by atoms with Crippen LogP contribution in [0.4, 0.5) is 0 Å². The molecule has 1 aliphatic carbocycles. The number of piperidine rings is 1. The zero-order valence-corrected chi connectivity index (χ0v) is 10.8. The first-order valence-electron chi connectivity index (χ1n) is 6.15. The van der Waals surface area contributed by atoms with Crippen molar-refractivity contribution in [2.24, 2.45) is 5.92 Å². The second kappa shape index (κ2) is 4.98. The molecule has 0 aromatic carbocycles. The molecule has 1 aliphatic heterocycles. The fraction of sp³-hybridized carbons (Fsp3) is 1.00. The van der Waals surface area contributed by atoms with Crippen molar-refractivity contribution in [3.63, 3.8) is 0 Å². The van der Waals surface area contributed by atoms with Crippen molar-refractivity contribution in [2.45, 2.75) is 56.3 Å². The minimum atomic E-state index is 0.716. The summed E-state index contributed by atoms with van der Waals surface area (Å²) in [4.78, 5) is 3.46. The lowest BCUT2D eigenvalue weighted by Crippen LogP contribution is -2.41. The number of nitrogens with zero attached hydrogens (tertiary/aromatic N) is 1. The standard InChI is InChI=1S/C12H22BrN/c1-10(13)11-6-8-14(9-7-11)12-4-2-3-5-12/h10-12H,2-9H2,1H3. The van der Waals surface area contributed by atoms with Crippen LogP contribution in [0.3, 0.4) is 0 Å². The number of alkyl halides is 1. The van der Waals surface area contributed by atoms with Crippen LogP contribution in [-0.2, 0) is 0 Å². The summed E-state index contributed by atoms with van der Waals surface area (Å²) in [5.74, 6) is 0.924. The summed E-state index contributed by atoms with van der Waals surface area (Å²) in [6.07, 6.45) is 8.69. The molecule has 0 N–H and O–H groups in total. The first kappa shape index (κ1) is 10.9. The number of hydrogen-bond donors (Lipinski definition) is 0. The Morgan fingerprint density at radius 2 is 1.64 bits per heavy atom. The largest absolute Gasteiger partial charge is 0.300 e. The van der Waals surface area contributed by atoms with E-state index in [2.05, 4.69) is 27.8 Å². The van der Waals surface area contributed by atoms with Gasteiger partial charge in [0.2, 0.25) is 0 Å². The van der Waals surface area contributed by atoms with Crippen molar-refractivity contribution >= 4 is 15.9 Å². The lowest BCUT2D eigenvalue weighted by Gasteiger charge is -2.37. The van der Waals surface area contributed by atoms with Crippen molar-refractivity contribution < 1.29 is 0 Å².